The third kappa shape index (κ3) is 2.78. The number of halogens is 1. The van der Waals surface area contributed by atoms with Crippen LogP contribution in [0.4, 0.5) is 0 Å². The molecule has 0 radical (unpaired) electrons. The number of hydrogen-bond donors (Lipinski definition) is 0. The van der Waals surface area contributed by atoms with Gasteiger partial charge in [0.05, 0.1) is 10.0 Å². The van der Waals surface area contributed by atoms with E-state index in [0.29, 0.717) is 10.3 Å². The van der Waals surface area contributed by atoms with E-state index in [2.05, 4.69) is 11.1 Å². The van der Waals surface area contributed by atoms with Gasteiger partial charge in [-0.3, -0.25) is 0 Å². The van der Waals surface area contributed by atoms with Crippen LogP contribution in [0.1, 0.15) is 39.0 Å². The van der Waals surface area contributed by atoms with Crippen LogP contribution in [0.15, 0.2) is 12.2 Å². The average molecular weight is 462 g/mol. The number of fused-ring (bicyclic) bond motifs is 3. The molecule has 0 aromatic rings. The highest BCUT2D eigenvalue weighted by molar-refractivity contribution is 14.2. The maximum atomic E-state index is 12.2. The fourth-order valence-corrected chi connectivity index (χ4v) is 6.63. The summed E-state index contributed by atoms with van der Waals surface area (Å²) in [5.74, 6) is -1.80. The minimum Gasteiger partial charge on any atom is -0.456 e. The summed E-state index contributed by atoms with van der Waals surface area (Å²) in [5.41, 5.74) is 0.269. The van der Waals surface area contributed by atoms with Crippen molar-refractivity contribution in [2.75, 3.05) is 0 Å². The van der Waals surface area contributed by atoms with Crippen molar-refractivity contribution in [3.63, 3.8) is 0 Å². The second-order valence-corrected chi connectivity index (χ2v) is 9.71. The van der Waals surface area contributed by atoms with Crippen molar-refractivity contribution < 1.29 is 28.5 Å². The second kappa shape index (κ2) is 6.42. The highest BCUT2D eigenvalue weighted by atomic mass is 127. The second-order valence-electron chi connectivity index (χ2n) is 7.33. The van der Waals surface area contributed by atoms with Crippen LogP contribution in [0.2, 0.25) is 0 Å². The van der Waals surface area contributed by atoms with Crippen molar-refractivity contribution in [1.29, 1.82) is 0 Å². The lowest BCUT2D eigenvalue weighted by Crippen LogP contribution is -2.45. The predicted molar refractivity (Wildman–Crippen MR) is 98.6 cm³/mol. The van der Waals surface area contributed by atoms with Gasteiger partial charge < -0.3 is 18.9 Å². The van der Waals surface area contributed by atoms with Crippen LogP contribution >= 0.6 is 20.7 Å². The molecule has 1 spiro atoms. The number of esters is 2. The Kier molecular flexibility index (Phi) is 4.52. The fraction of sp³-hybridized carbons (Fsp3) is 0.722. The van der Waals surface area contributed by atoms with Gasteiger partial charge in [0.25, 0.3) is 0 Å². The van der Waals surface area contributed by atoms with Gasteiger partial charge >= 0.3 is 11.9 Å². The average Bonchev–Trinajstić information content (AvgIpc) is 3.17. The molecule has 2 aliphatic carbocycles. The number of alkyl halides is 1. The Morgan fingerprint density at radius 1 is 1.32 bits per heavy atom. The molecular formula is C18H23IO6. The maximum Gasteiger partial charge on any atom is 0.348 e. The Bertz CT molecular complexity index is 633. The topological polar surface area (TPSA) is 71.1 Å². The molecule has 0 aromatic carbocycles. The lowest BCUT2D eigenvalue weighted by Gasteiger charge is -2.38. The van der Waals surface area contributed by atoms with Gasteiger partial charge in [0.1, 0.15) is 12.2 Å². The van der Waals surface area contributed by atoms with Crippen molar-refractivity contribution >= 4 is 37.2 Å². The first-order chi connectivity index (χ1) is 11.9. The number of ether oxygens (including phenoxy) is 4. The smallest absolute Gasteiger partial charge is 0.348 e. The standard InChI is InChI=1S/C18H23IO6/c1-9(2)16(20)23-14-10-8-11-15(13(10)22-17(14)21)25-18(24-11)7-5-4-6-12(18)19-3/h10-15H,1,3-8H2,2H3. The number of rotatable bonds is 3. The zero-order chi connectivity index (χ0) is 17.8. The van der Waals surface area contributed by atoms with E-state index in [0.717, 1.165) is 19.3 Å². The molecule has 0 aromatic heterocycles. The van der Waals surface area contributed by atoms with Gasteiger partial charge in [-0.1, -0.05) is 17.5 Å². The Morgan fingerprint density at radius 3 is 2.84 bits per heavy atom. The van der Waals surface area contributed by atoms with Crippen LogP contribution < -0.4 is 0 Å². The number of hydrogen-bond acceptors (Lipinski definition) is 6. The van der Waals surface area contributed by atoms with Gasteiger partial charge in [0.2, 0.25) is 6.10 Å². The molecular weight excluding hydrogens is 439 g/mol. The third-order valence-corrected chi connectivity index (χ3v) is 8.29. The van der Waals surface area contributed by atoms with E-state index in [1.54, 1.807) is 6.92 Å². The van der Waals surface area contributed by atoms with Crippen LogP contribution in [-0.2, 0) is 28.5 Å². The predicted octanol–water partition coefficient (Wildman–Crippen LogP) is 2.25. The summed E-state index contributed by atoms with van der Waals surface area (Å²) in [6.45, 7) is 5.12. The zero-order valence-electron chi connectivity index (χ0n) is 14.2. The molecule has 2 heterocycles. The van der Waals surface area contributed by atoms with Crippen molar-refractivity contribution in [2.24, 2.45) is 5.92 Å². The molecule has 25 heavy (non-hydrogen) atoms. The van der Waals surface area contributed by atoms with E-state index in [-0.39, 0.29) is 44.4 Å². The summed E-state index contributed by atoms with van der Waals surface area (Å²) < 4.78 is 28.2. The third-order valence-electron chi connectivity index (χ3n) is 5.66. The summed E-state index contributed by atoms with van der Waals surface area (Å²) in [5, 5.41) is 0. The van der Waals surface area contributed by atoms with E-state index < -0.39 is 29.9 Å². The van der Waals surface area contributed by atoms with E-state index in [9.17, 15) is 9.59 Å². The molecule has 6 nitrogen and oxygen atoms in total. The molecule has 138 valence electrons. The Hall–Kier alpha value is -0.800. The van der Waals surface area contributed by atoms with Crippen molar-refractivity contribution in [1.82, 2.24) is 0 Å². The summed E-state index contributed by atoms with van der Waals surface area (Å²) in [4.78, 5) is 24.0. The molecule has 7 unspecified atom stereocenters. The Morgan fingerprint density at radius 2 is 2.12 bits per heavy atom. The first-order valence-electron chi connectivity index (χ1n) is 8.75. The summed E-state index contributed by atoms with van der Waals surface area (Å²) in [7, 11) is 0. The van der Waals surface area contributed by atoms with E-state index in [1.807, 2.05) is 0 Å². The lowest BCUT2D eigenvalue weighted by atomic mass is 9.94. The largest absolute Gasteiger partial charge is 0.456 e. The van der Waals surface area contributed by atoms with Crippen molar-refractivity contribution in [2.45, 2.75) is 73.2 Å². The van der Waals surface area contributed by atoms with Gasteiger partial charge in [-0.25, -0.2) is 9.59 Å². The van der Waals surface area contributed by atoms with E-state index >= 15 is 0 Å². The van der Waals surface area contributed by atoms with Crippen LogP contribution in [0.5, 0.6) is 0 Å². The van der Waals surface area contributed by atoms with Crippen molar-refractivity contribution in [3.05, 3.63) is 12.2 Å². The summed E-state index contributed by atoms with van der Waals surface area (Å²) in [6.07, 6.45) is 3.23. The van der Waals surface area contributed by atoms with Crippen molar-refractivity contribution in [3.8, 4) is 0 Å². The molecule has 2 saturated carbocycles. The zero-order valence-corrected chi connectivity index (χ0v) is 16.4. The first-order valence-corrected chi connectivity index (χ1v) is 11.5. The molecule has 4 fully saturated rings. The summed E-state index contributed by atoms with van der Waals surface area (Å²) >= 11 is -0.235. The highest BCUT2D eigenvalue weighted by Crippen LogP contribution is 2.53. The first kappa shape index (κ1) is 17.6. The molecule has 4 aliphatic rings. The van der Waals surface area contributed by atoms with Crippen LogP contribution in [-0.4, -0.2) is 50.6 Å². The number of carbonyl (C=O) groups excluding carboxylic acids is 2. The van der Waals surface area contributed by atoms with Gasteiger partial charge in [-0.05, 0) is 26.2 Å². The molecule has 4 rings (SSSR count). The molecule has 2 saturated heterocycles. The van der Waals surface area contributed by atoms with Crippen LogP contribution in [0.25, 0.3) is 0 Å². The minimum absolute atomic E-state index is 0.106. The highest BCUT2D eigenvalue weighted by Gasteiger charge is 2.65. The molecule has 0 bridgehead atoms. The minimum atomic E-state index is -0.884. The van der Waals surface area contributed by atoms with Gasteiger partial charge in [-0.2, -0.15) is 0 Å². The summed E-state index contributed by atoms with van der Waals surface area (Å²) in [6, 6.07) is 0. The normalized spacial score (nSPS) is 45.1. The molecule has 0 N–H and O–H groups in total. The molecule has 2 aliphatic heterocycles. The SMILES string of the molecule is C=IC1CCCCC12OC1CC3C(OC(=O)C(=C)C)C(=O)OC3C1O2. The van der Waals surface area contributed by atoms with Gasteiger partial charge in [0, 0.05) is 17.9 Å². The van der Waals surface area contributed by atoms with Crippen LogP contribution in [0, 0.1) is 5.92 Å². The fourth-order valence-electron chi connectivity index (χ4n) is 4.47. The quantitative estimate of drug-likeness (QED) is 0.278. The van der Waals surface area contributed by atoms with Gasteiger partial charge in [0.15, 0.2) is 5.79 Å². The molecule has 7 heteroatoms. The lowest BCUT2D eigenvalue weighted by molar-refractivity contribution is -0.201. The molecule has 0 amide bonds. The molecule has 7 atom stereocenters. The monoisotopic (exact) mass is 462 g/mol. The van der Waals surface area contributed by atoms with Gasteiger partial charge in [-0.15, -0.1) is 20.7 Å². The Balaban J connectivity index is 1.50. The van der Waals surface area contributed by atoms with E-state index in [1.165, 1.54) is 6.42 Å². The number of carbonyl (C=O) groups is 2. The maximum absolute atomic E-state index is 12.2. The van der Waals surface area contributed by atoms with E-state index in [4.69, 9.17) is 18.9 Å². The Labute approximate surface area is 157 Å². The van der Waals surface area contributed by atoms with Crippen LogP contribution in [0.3, 0.4) is 0 Å².